The van der Waals surface area contributed by atoms with E-state index in [1.54, 1.807) is 0 Å². The first-order valence-electron chi connectivity index (χ1n) is 20.4. The Labute approximate surface area is 366 Å². The number of fused-ring (bicyclic) bond motifs is 4. The molecule has 8 aromatic rings. The molecule has 0 N–H and O–H groups in total. The molecule has 1 fully saturated rings. The van der Waals surface area contributed by atoms with Gasteiger partial charge in [0.15, 0.2) is 0 Å². The minimum Gasteiger partial charge on any atom is -1.00 e. The summed E-state index contributed by atoms with van der Waals surface area (Å²) in [6.07, 6.45) is 8.80. The molecule has 2 aromatic heterocycles. The van der Waals surface area contributed by atoms with Crippen LogP contribution in [0.15, 0.2) is 142 Å². The Morgan fingerprint density at radius 3 is 1.31 bits per heavy atom. The largest absolute Gasteiger partial charge is 1.00 e. The van der Waals surface area contributed by atoms with Crippen molar-refractivity contribution in [1.29, 1.82) is 0 Å². The zero-order valence-electron chi connectivity index (χ0n) is 33.7. The molecule has 0 amide bonds. The molecular weight excluding hydrogens is 843 g/mol. The third-order valence-electron chi connectivity index (χ3n) is 12.9. The monoisotopic (exact) mass is 884 g/mol. The van der Waals surface area contributed by atoms with Gasteiger partial charge in [-0.2, -0.15) is 0 Å². The molecule has 2 nitrogen and oxygen atoms in total. The topological polar surface area (TPSA) is 26.3 Å². The number of hydrogen-bond donors (Lipinski definition) is 0. The SMILES string of the molecule is Cc1ccc(C2=Cc3c(ccc(C)c3-c3ccc4ccccc4c3)[CH]2[Zr+2](=[C]2CCC2)[CH]2C(c3ccc(C)o3)=Cc3c2ccc(C)c3-c2ccc3ccccc3c2)o1.[Cl-].[Cl-]. The van der Waals surface area contributed by atoms with E-state index < -0.39 is 21.3 Å². The van der Waals surface area contributed by atoms with Crippen LogP contribution in [0.25, 0.3) is 67.1 Å². The van der Waals surface area contributed by atoms with Gasteiger partial charge in [0.25, 0.3) is 0 Å². The second-order valence-electron chi connectivity index (χ2n) is 16.4. The van der Waals surface area contributed by atoms with Crippen molar-refractivity contribution in [1.82, 2.24) is 0 Å². The minimum absolute atomic E-state index is 0. The number of benzene rings is 6. The van der Waals surface area contributed by atoms with Gasteiger partial charge in [0.2, 0.25) is 0 Å². The molecule has 11 rings (SSSR count). The molecular formula is C54H44Cl2O2Zr. The normalized spacial score (nSPS) is 16.4. The molecule has 3 aliphatic rings. The van der Waals surface area contributed by atoms with E-state index in [2.05, 4.69) is 173 Å². The van der Waals surface area contributed by atoms with Crippen molar-refractivity contribution in [2.45, 2.75) is 54.2 Å². The summed E-state index contributed by atoms with van der Waals surface area (Å²) in [7, 11) is 0. The second-order valence-corrected chi connectivity index (χ2v) is 23.3. The first-order chi connectivity index (χ1) is 27.9. The van der Waals surface area contributed by atoms with Gasteiger partial charge in [0.1, 0.15) is 0 Å². The maximum Gasteiger partial charge on any atom is -1.00 e. The van der Waals surface area contributed by atoms with Gasteiger partial charge in [-0.1, -0.05) is 0 Å². The van der Waals surface area contributed by atoms with Crippen LogP contribution in [0, 0.1) is 27.7 Å². The van der Waals surface area contributed by atoms with Crippen LogP contribution in [0.3, 0.4) is 0 Å². The zero-order valence-corrected chi connectivity index (χ0v) is 37.7. The van der Waals surface area contributed by atoms with Crippen molar-refractivity contribution >= 4 is 48.0 Å². The van der Waals surface area contributed by atoms with Crippen LogP contribution in [0.2, 0.25) is 0 Å². The van der Waals surface area contributed by atoms with Crippen LogP contribution in [0.4, 0.5) is 0 Å². The molecule has 290 valence electrons. The molecule has 0 spiro atoms. The molecule has 0 radical (unpaired) electrons. The van der Waals surface area contributed by atoms with Crippen molar-refractivity contribution in [3.63, 3.8) is 0 Å². The number of furan rings is 2. The van der Waals surface area contributed by atoms with Gasteiger partial charge in [-0.05, 0) is 0 Å². The Morgan fingerprint density at radius 1 is 0.475 bits per heavy atom. The first-order valence-corrected chi connectivity index (χ1v) is 24.5. The molecule has 3 aliphatic carbocycles. The summed E-state index contributed by atoms with van der Waals surface area (Å²) in [6.45, 7) is 8.73. The van der Waals surface area contributed by atoms with E-state index in [0.29, 0.717) is 7.25 Å². The van der Waals surface area contributed by atoms with Gasteiger partial charge in [0.05, 0.1) is 0 Å². The number of rotatable bonds is 6. The summed E-state index contributed by atoms with van der Waals surface area (Å²) in [4.78, 5) is 0. The summed E-state index contributed by atoms with van der Waals surface area (Å²) in [5.41, 5.74) is 16.3. The predicted octanol–water partition coefficient (Wildman–Crippen LogP) is 8.62. The fraction of sp³-hybridized carbons (Fsp3) is 0.167. The molecule has 2 atom stereocenters. The van der Waals surface area contributed by atoms with Gasteiger partial charge < -0.3 is 24.8 Å². The van der Waals surface area contributed by atoms with Crippen molar-refractivity contribution < 1.29 is 54.9 Å². The summed E-state index contributed by atoms with van der Waals surface area (Å²) < 4.78 is 15.7. The minimum atomic E-state index is -2.83. The molecule has 2 unspecified atom stereocenters. The van der Waals surface area contributed by atoms with E-state index in [1.807, 2.05) is 3.21 Å². The van der Waals surface area contributed by atoms with Crippen molar-refractivity contribution in [2.75, 3.05) is 0 Å². The second kappa shape index (κ2) is 15.7. The standard InChI is InChI=1S/2C25H19O.C4H6.2ClH.Zr/c2*1-16-7-9-20-14-22(24-12-8-17(2)26-24)15-23(20)25(16)21-11-10-18-5-3-4-6-19(18)13-21;1-2-4-3-1;;;/h2*3-15H,1-2H3;1-3H2;2*1H;/q;;;;;+2/p-2. The number of allylic oxidation sites excluding steroid dienone is 2. The summed E-state index contributed by atoms with van der Waals surface area (Å²) in [5, 5.41) is 5.10. The Balaban J connectivity index is 0.00000224. The maximum atomic E-state index is 6.64. The Morgan fingerprint density at radius 2 is 0.915 bits per heavy atom. The van der Waals surface area contributed by atoms with Gasteiger partial charge in [-0.25, -0.2) is 0 Å². The van der Waals surface area contributed by atoms with Crippen LogP contribution in [0.1, 0.15) is 82.9 Å². The van der Waals surface area contributed by atoms with E-state index in [0.717, 1.165) is 23.0 Å². The van der Waals surface area contributed by atoms with E-state index >= 15 is 0 Å². The molecule has 59 heavy (non-hydrogen) atoms. The van der Waals surface area contributed by atoms with Gasteiger partial charge >= 0.3 is 344 Å². The van der Waals surface area contributed by atoms with Crippen molar-refractivity contribution in [3.05, 3.63) is 190 Å². The average Bonchev–Trinajstić information content (AvgIpc) is 4.01. The van der Waals surface area contributed by atoms with Crippen LogP contribution in [0.5, 0.6) is 0 Å². The summed E-state index contributed by atoms with van der Waals surface area (Å²) >= 11 is -2.83. The van der Waals surface area contributed by atoms with Crippen molar-refractivity contribution in [2.24, 2.45) is 0 Å². The number of aryl methyl sites for hydroxylation is 4. The molecule has 0 bridgehead atoms. The van der Waals surface area contributed by atoms with E-state index in [-0.39, 0.29) is 24.8 Å². The Bertz CT molecular complexity index is 2860. The Kier molecular flexibility index (Phi) is 10.5. The van der Waals surface area contributed by atoms with Crippen LogP contribution in [-0.2, 0) is 21.3 Å². The fourth-order valence-corrected chi connectivity index (χ4v) is 20.8. The quantitative estimate of drug-likeness (QED) is 0.167. The third-order valence-corrected chi connectivity index (χ3v) is 22.3. The van der Waals surface area contributed by atoms with E-state index in [4.69, 9.17) is 8.83 Å². The summed E-state index contributed by atoms with van der Waals surface area (Å²) in [5.74, 6) is 3.96. The third kappa shape index (κ3) is 6.62. The first kappa shape index (κ1) is 39.7. The molecule has 0 aliphatic heterocycles. The van der Waals surface area contributed by atoms with E-state index in [1.165, 1.54) is 108 Å². The van der Waals surface area contributed by atoms with Crippen LogP contribution in [-0.4, -0.2) is 3.21 Å². The average molecular weight is 887 g/mol. The van der Waals surface area contributed by atoms with Crippen molar-refractivity contribution in [3.8, 4) is 22.3 Å². The Hall–Kier alpha value is -4.79. The smallest absolute Gasteiger partial charge is 1.00 e. The number of hydrogen-bond acceptors (Lipinski definition) is 2. The molecule has 2 heterocycles. The number of halogens is 2. The molecule has 1 saturated carbocycles. The maximum absolute atomic E-state index is 6.64. The fourth-order valence-electron chi connectivity index (χ4n) is 10.1. The molecule has 5 heteroatoms. The van der Waals surface area contributed by atoms with E-state index in [9.17, 15) is 0 Å². The molecule has 0 saturated heterocycles. The van der Waals surface area contributed by atoms with Crippen LogP contribution < -0.4 is 24.8 Å². The molecule has 6 aromatic carbocycles. The predicted molar refractivity (Wildman–Crippen MR) is 235 cm³/mol. The van der Waals surface area contributed by atoms with Gasteiger partial charge in [-0.3, -0.25) is 0 Å². The van der Waals surface area contributed by atoms with Gasteiger partial charge in [0, 0.05) is 0 Å². The zero-order chi connectivity index (χ0) is 38.4. The summed E-state index contributed by atoms with van der Waals surface area (Å²) in [6, 6.07) is 49.9. The van der Waals surface area contributed by atoms with Crippen LogP contribution >= 0.6 is 0 Å². The van der Waals surface area contributed by atoms with Gasteiger partial charge in [-0.15, -0.1) is 0 Å².